The molecule has 2 aromatic carbocycles. The van der Waals surface area contributed by atoms with Crippen LogP contribution in [0.3, 0.4) is 0 Å². The van der Waals surface area contributed by atoms with Gasteiger partial charge in [-0.3, -0.25) is 14.2 Å². The lowest BCUT2D eigenvalue weighted by molar-refractivity contribution is -0.143. The van der Waals surface area contributed by atoms with Gasteiger partial charge in [-0.25, -0.2) is 9.79 Å². The van der Waals surface area contributed by atoms with Gasteiger partial charge in [0.15, 0.2) is 4.80 Å². The Hall–Kier alpha value is -4.15. The molecule has 212 valence electrons. The highest BCUT2D eigenvalue weighted by Crippen LogP contribution is 2.37. The SMILES string of the molecule is CCOC(=O)Cn1c(C)c(/C=c2\sc3n(c2=O)[C@@H](c2cc(Cl)ccc2OC)C(C(=O)OC)=C(C)N=3)c2ccccc21. The summed E-state index contributed by atoms with van der Waals surface area (Å²) in [7, 11) is 2.80. The number of ether oxygens (including phenoxy) is 3. The Morgan fingerprint density at radius 2 is 1.90 bits per heavy atom. The molecule has 5 rings (SSSR count). The van der Waals surface area contributed by atoms with Gasteiger partial charge in [-0.1, -0.05) is 41.1 Å². The van der Waals surface area contributed by atoms with Crippen molar-refractivity contribution < 1.29 is 23.8 Å². The highest BCUT2D eigenvalue weighted by molar-refractivity contribution is 7.07. The van der Waals surface area contributed by atoms with Gasteiger partial charge in [0, 0.05) is 32.7 Å². The molecule has 0 N–H and O–H groups in total. The number of carbonyl (C=O) groups is 2. The van der Waals surface area contributed by atoms with Gasteiger partial charge in [-0.15, -0.1) is 0 Å². The zero-order valence-electron chi connectivity index (χ0n) is 23.2. The first-order chi connectivity index (χ1) is 19.7. The number of fused-ring (bicyclic) bond motifs is 2. The van der Waals surface area contributed by atoms with E-state index in [1.807, 2.05) is 41.8 Å². The van der Waals surface area contributed by atoms with E-state index < -0.39 is 12.0 Å². The van der Waals surface area contributed by atoms with Crippen molar-refractivity contribution in [2.75, 3.05) is 20.8 Å². The van der Waals surface area contributed by atoms with Crippen molar-refractivity contribution in [3.05, 3.63) is 95.3 Å². The van der Waals surface area contributed by atoms with Gasteiger partial charge in [-0.05, 0) is 51.1 Å². The van der Waals surface area contributed by atoms with E-state index in [0.29, 0.717) is 31.4 Å². The van der Waals surface area contributed by atoms with Gasteiger partial charge in [0.05, 0.1) is 36.6 Å². The number of allylic oxidation sites excluding steroid dienone is 1. The number of hydrogen-bond donors (Lipinski definition) is 0. The third-order valence-electron chi connectivity index (χ3n) is 7.06. The molecular weight excluding hydrogens is 566 g/mol. The first kappa shape index (κ1) is 28.4. The smallest absolute Gasteiger partial charge is 0.338 e. The number of nitrogens with zero attached hydrogens (tertiary/aromatic N) is 3. The molecule has 0 saturated heterocycles. The van der Waals surface area contributed by atoms with Gasteiger partial charge in [0.25, 0.3) is 5.56 Å². The molecule has 0 aliphatic carbocycles. The number of para-hydroxylation sites is 1. The molecule has 0 fully saturated rings. The molecule has 1 aliphatic heterocycles. The van der Waals surface area contributed by atoms with E-state index in [-0.39, 0.29) is 30.3 Å². The normalized spacial score (nSPS) is 15.1. The van der Waals surface area contributed by atoms with Gasteiger partial charge >= 0.3 is 11.9 Å². The summed E-state index contributed by atoms with van der Waals surface area (Å²) < 4.78 is 19.7. The predicted molar refractivity (Wildman–Crippen MR) is 157 cm³/mol. The number of thiazole rings is 1. The van der Waals surface area contributed by atoms with Gasteiger partial charge in [0.2, 0.25) is 0 Å². The molecule has 0 radical (unpaired) electrons. The van der Waals surface area contributed by atoms with Gasteiger partial charge in [0.1, 0.15) is 18.3 Å². The highest BCUT2D eigenvalue weighted by atomic mass is 35.5. The van der Waals surface area contributed by atoms with Crippen molar-refractivity contribution in [2.24, 2.45) is 4.99 Å². The van der Waals surface area contributed by atoms with E-state index in [1.165, 1.54) is 30.1 Å². The average molecular weight is 594 g/mol. The topological polar surface area (TPSA) is 101 Å². The molecule has 9 nitrogen and oxygen atoms in total. The summed E-state index contributed by atoms with van der Waals surface area (Å²) in [5, 5.41) is 1.31. The van der Waals surface area contributed by atoms with Crippen LogP contribution in [0.25, 0.3) is 17.0 Å². The molecule has 0 saturated carbocycles. The number of rotatable bonds is 7. The summed E-state index contributed by atoms with van der Waals surface area (Å²) in [4.78, 5) is 44.6. The van der Waals surface area contributed by atoms with E-state index >= 15 is 0 Å². The third kappa shape index (κ3) is 4.98. The summed E-state index contributed by atoms with van der Waals surface area (Å²) in [5.74, 6) is -0.489. The zero-order valence-corrected chi connectivity index (χ0v) is 24.8. The molecule has 1 atom stereocenters. The number of carbonyl (C=O) groups excluding carboxylic acids is 2. The minimum absolute atomic E-state index is 0.0471. The fourth-order valence-electron chi connectivity index (χ4n) is 5.22. The highest BCUT2D eigenvalue weighted by Gasteiger charge is 2.35. The van der Waals surface area contributed by atoms with Gasteiger partial charge < -0.3 is 18.8 Å². The fraction of sp³-hybridized carbons (Fsp3) is 0.267. The van der Waals surface area contributed by atoms with Crippen molar-refractivity contribution in [3.63, 3.8) is 0 Å². The molecule has 0 spiro atoms. The van der Waals surface area contributed by atoms with E-state index in [2.05, 4.69) is 4.99 Å². The van der Waals surface area contributed by atoms with Crippen LogP contribution >= 0.6 is 22.9 Å². The molecule has 0 amide bonds. The molecule has 0 bridgehead atoms. The van der Waals surface area contributed by atoms with Gasteiger partial charge in [-0.2, -0.15) is 0 Å². The van der Waals surface area contributed by atoms with Crippen molar-refractivity contribution in [1.29, 1.82) is 0 Å². The van der Waals surface area contributed by atoms with Crippen LogP contribution in [0, 0.1) is 6.92 Å². The number of aromatic nitrogens is 2. The fourth-order valence-corrected chi connectivity index (χ4v) is 6.43. The van der Waals surface area contributed by atoms with Crippen molar-refractivity contribution >= 4 is 51.9 Å². The van der Waals surface area contributed by atoms with Crippen molar-refractivity contribution in [1.82, 2.24) is 9.13 Å². The lowest BCUT2D eigenvalue weighted by atomic mass is 9.95. The van der Waals surface area contributed by atoms with E-state index in [1.54, 1.807) is 32.0 Å². The van der Waals surface area contributed by atoms with Crippen LogP contribution in [0.15, 0.2) is 63.5 Å². The average Bonchev–Trinajstić information content (AvgIpc) is 3.40. The molecule has 4 aromatic rings. The maximum Gasteiger partial charge on any atom is 0.338 e. The Bertz CT molecular complexity index is 1920. The quantitative estimate of drug-likeness (QED) is 0.301. The molecule has 0 unspecified atom stereocenters. The van der Waals surface area contributed by atoms with Crippen LogP contribution in [0.2, 0.25) is 5.02 Å². The van der Waals surface area contributed by atoms with Crippen molar-refractivity contribution in [2.45, 2.75) is 33.4 Å². The standard InChI is InChI=1S/C30H28ClN3O6S/c1-6-40-25(35)15-33-17(3)20(19-9-7-8-10-22(19)33)14-24-28(36)34-27(21-13-18(31)11-12-23(21)38-4)26(29(37)39-5)16(2)32-30(34)41-24/h7-14,27H,6,15H2,1-5H3/b24-14-/t27-/m0/s1. The molecular formula is C30H28ClN3O6S. The summed E-state index contributed by atoms with van der Waals surface area (Å²) in [5.41, 5.74) is 3.30. The van der Waals surface area contributed by atoms with Crippen LogP contribution in [-0.2, 0) is 25.6 Å². The van der Waals surface area contributed by atoms with E-state index in [4.69, 9.17) is 25.8 Å². The maximum atomic E-state index is 14.1. The van der Waals surface area contributed by atoms with Crippen molar-refractivity contribution in [3.8, 4) is 5.75 Å². The second kappa shape index (κ2) is 11.4. The minimum Gasteiger partial charge on any atom is -0.496 e. The predicted octanol–water partition coefficient (Wildman–Crippen LogP) is 3.90. The summed E-state index contributed by atoms with van der Waals surface area (Å²) in [6.45, 7) is 5.72. The second-order valence-electron chi connectivity index (χ2n) is 9.37. The third-order valence-corrected chi connectivity index (χ3v) is 8.28. The lowest BCUT2D eigenvalue weighted by Crippen LogP contribution is -2.40. The maximum absolute atomic E-state index is 14.1. The zero-order chi connectivity index (χ0) is 29.4. The molecule has 3 heterocycles. The monoisotopic (exact) mass is 593 g/mol. The van der Waals surface area contributed by atoms with E-state index in [0.717, 1.165) is 22.2 Å². The number of methoxy groups -OCH3 is 2. The number of halogens is 1. The number of hydrogen-bond acceptors (Lipinski definition) is 8. The van der Waals surface area contributed by atoms with Crippen LogP contribution < -0.4 is 19.6 Å². The summed E-state index contributed by atoms with van der Waals surface area (Å²) >= 11 is 7.58. The van der Waals surface area contributed by atoms with Crippen LogP contribution in [-0.4, -0.2) is 41.9 Å². The number of esters is 2. The Labute approximate surface area is 244 Å². The minimum atomic E-state index is -0.874. The molecule has 41 heavy (non-hydrogen) atoms. The van der Waals surface area contributed by atoms with Crippen LogP contribution in [0.1, 0.15) is 36.7 Å². The second-order valence-corrected chi connectivity index (χ2v) is 10.8. The Kier molecular flexibility index (Phi) is 7.88. The van der Waals surface area contributed by atoms with E-state index in [9.17, 15) is 14.4 Å². The molecule has 1 aliphatic rings. The summed E-state index contributed by atoms with van der Waals surface area (Å²) in [6.07, 6.45) is 1.81. The first-order valence-corrected chi connectivity index (χ1v) is 14.1. The largest absolute Gasteiger partial charge is 0.496 e. The number of benzene rings is 2. The molecule has 2 aromatic heterocycles. The molecule has 11 heteroatoms. The Morgan fingerprint density at radius 3 is 2.61 bits per heavy atom. The Morgan fingerprint density at radius 1 is 1.15 bits per heavy atom. The first-order valence-electron chi connectivity index (χ1n) is 12.9. The lowest BCUT2D eigenvalue weighted by Gasteiger charge is -2.25. The summed E-state index contributed by atoms with van der Waals surface area (Å²) in [6, 6.07) is 11.9. The van der Waals surface area contributed by atoms with Crippen LogP contribution in [0.4, 0.5) is 0 Å². The van der Waals surface area contributed by atoms with Crippen LogP contribution in [0.5, 0.6) is 5.75 Å². The Balaban J connectivity index is 1.77.